The van der Waals surface area contributed by atoms with Crippen LogP contribution in [0.25, 0.3) is 0 Å². The molecule has 0 saturated carbocycles. The molecule has 19 heavy (non-hydrogen) atoms. The summed E-state index contributed by atoms with van der Waals surface area (Å²) in [6.45, 7) is 1.97. The third-order valence-corrected chi connectivity index (χ3v) is 2.53. The van der Waals surface area contributed by atoms with Crippen LogP contribution in [0, 0.1) is 6.92 Å². The Morgan fingerprint density at radius 2 is 1.74 bits per heavy atom. The molecular weight excluding hydrogens is 246 g/mol. The number of benzene rings is 1. The SMILES string of the molecule is COc1cc(C)ccc1Oc1ncnc(OC)c1N. The fourth-order valence-corrected chi connectivity index (χ4v) is 1.57. The fourth-order valence-electron chi connectivity index (χ4n) is 1.57. The third-order valence-electron chi connectivity index (χ3n) is 2.53. The minimum absolute atomic E-state index is 0.231. The number of hydrogen-bond acceptors (Lipinski definition) is 6. The maximum atomic E-state index is 5.85. The van der Waals surface area contributed by atoms with Gasteiger partial charge >= 0.3 is 0 Å². The molecule has 0 aliphatic heterocycles. The topological polar surface area (TPSA) is 79.5 Å². The Labute approximate surface area is 111 Å². The van der Waals surface area contributed by atoms with Gasteiger partial charge in [-0.05, 0) is 24.6 Å². The molecule has 0 atom stereocenters. The molecule has 0 aliphatic rings. The van der Waals surface area contributed by atoms with Crippen molar-refractivity contribution >= 4 is 5.69 Å². The largest absolute Gasteiger partial charge is 0.493 e. The minimum atomic E-state index is 0.231. The highest BCUT2D eigenvalue weighted by molar-refractivity contribution is 5.57. The lowest BCUT2D eigenvalue weighted by molar-refractivity contribution is 0.368. The molecule has 0 radical (unpaired) electrons. The van der Waals surface area contributed by atoms with E-state index < -0.39 is 0 Å². The average molecular weight is 261 g/mol. The van der Waals surface area contributed by atoms with Crippen molar-refractivity contribution in [3.8, 4) is 23.3 Å². The van der Waals surface area contributed by atoms with Crippen LogP contribution in [0.4, 0.5) is 5.69 Å². The van der Waals surface area contributed by atoms with E-state index in [0.717, 1.165) is 5.56 Å². The number of hydrogen-bond donors (Lipinski definition) is 1. The lowest BCUT2D eigenvalue weighted by atomic mass is 10.2. The van der Waals surface area contributed by atoms with Crippen molar-refractivity contribution in [2.45, 2.75) is 6.92 Å². The maximum absolute atomic E-state index is 5.85. The standard InChI is InChI=1S/C13H15N3O3/c1-8-4-5-9(10(6-8)17-2)19-13-11(14)12(18-3)15-7-16-13/h4-7H,14H2,1-3H3. The number of anilines is 1. The summed E-state index contributed by atoms with van der Waals surface area (Å²) in [7, 11) is 3.06. The summed E-state index contributed by atoms with van der Waals surface area (Å²) in [5, 5.41) is 0. The van der Waals surface area contributed by atoms with Gasteiger partial charge in [-0.15, -0.1) is 0 Å². The van der Waals surface area contributed by atoms with Crippen LogP contribution in [-0.4, -0.2) is 24.2 Å². The molecule has 2 N–H and O–H groups in total. The average Bonchev–Trinajstić information content (AvgIpc) is 2.42. The Balaban J connectivity index is 2.36. The summed E-state index contributed by atoms with van der Waals surface area (Å²) < 4.78 is 15.9. The maximum Gasteiger partial charge on any atom is 0.250 e. The first kappa shape index (κ1) is 12.9. The van der Waals surface area contributed by atoms with Crippen LogP contribution in [0.1, 0.15) is 5.56 Å². The van der Waals surface area contributed by atoms with Gasteiger partial charge in [-0.3, -0.25) is 0 Å². The second-order valence-corrected chi connectivity index (χ2v) is 3.86. The van der Waals surface area contributed by atoms with Crippen molar-refractivity contribution in [2.24, 2.45) is 0 Å². The summed E-state index contributed by atoms with van der Waals surface area (Å²) in [5.41, 5.74) is 7.16. The van der Waals surface area contributed by atoms with Crippen LogP contribution in [-0.2, 0) is 0 Å². The molecule has 1 heterocycles. The van der Waals surface area contributed by atoms with E-state index in [1.165, 1.54) is 13.4 Å². The fraction of sp³-hybridized carbons (Fsp3) is 0.231. The summed E-state index contributed by atoms with van der Waals surface area (Å²) in [5.74, 6) is 1.64. The van der Waals surface area contributed by atoms with Crippen molar-refractivity contribution in [1.82, 2.24) is 9.97 Å². The first-order chi connectivity index (χ1) is 9.15. The van der Waals surface area contributed by atoms with Crippen LogP contribution in [0.3, 0.4) is 0 Å². The van der Waals surface area contributed by atoms with Crippen LogP contribution < -0.4 is 19.9 Å². The molecular formula is C13H15N3O3. The number of ether oxygens (including phenoxy) is 3. The predicted molar refractivity (Wildman–Crippen MR) is 70.8 cm³/mol. The zero-order chi connectivity index (χ0) is 13.8. The number of nitrogens with zero attached hydrogens (tertiary/aromatic N) is 2. The molecule has 0 amide bonds. The number of aryl methyl sites for hydroxylation is 1. The number of rotatable bonds is 4. The van der Waals surface area contributed by atoms with Gasteiger partial charge in [-0.25, -0.2) is 0 Å². The Morgan fingerprint density at radius 3 is 2.42 bits per heavy atom. The van der Waals surface area contributed by atoms with E-state index in [9.17, 15) is 0 Å². The molecule has 0 aliphatic carbocycles. The van der Waals surface area contributed by atoms with E-state index in [4.69, 9.17) is 19.9 Å². The molecule has 1 aromatic carbocycles. The molecule has 0 unspecified atom stereocenters. The van der Waals surface area contributed by atoms with E-state index in [-0.39, 0.29) is 17.4 Å². The van der Waals surface area contributed by atoms with E-state index >= 15 is 0 Å². The molecule has 100 valence electrons. The Hall–Kier alpha value is -2.50. The van der Waals surface area contributed by atoms with Gasteiger partial charge in [0.05, 0.1) is 14.2 Å². The molecule has 0 spiro atoms. The van der Waals surface area contributed by atoms with Gasteiger partial charge in [-0.1, -0.05) is 6.07 Å². The minimum Gasteiger partial charge on any atom is -0.493 e. The van der Waals surface area contributed by atoms with Gasteiger partial charge in [0.1, 0.15) is 6.33 Å². The third kappa shape index (κ3) is 2.67. The number of methoxy groups -OCH3 is 2. The lowest BCUT2D eigenvalue weighted by Gasteiger charge is -2.12. The van der Waals surface area contributed by atoms with Crippen LogP contribution in [0.2, 0.25) is 0 Å². The predicted octanol–water partition coefficient (Wildman–Crippen LogP) is 2.18. The first-order valence-corrected chi connectivity index (χ1v) is 5.62. The van der Waals surface area contributed by atoms with Gasteiger partial charge in [-0.2, -0.15) is 9.97 Å². The quantitative estimate of drug-likeness (QED) is 0.908. The summed E-state index contributed by atoms with van der Waals surface area (Å²) in [6.07, 6.45) is 1.32. The molecule has 2 aromatic rings. The second kappa shape index (κ2) is 5.43. The van der Waals surface area contributed by atoms with Gasteiger partial charge in [0.25, 0.3) is 0 Å². The summed E-state index contributed by atoms with van der Waals surface area (Å²) in [4.78, 5) is 7.87. The second-order valence-electron chi connectivity index (χ2n) is 3.86. The van der Waals surface area contributed by atoms with E-state index in [2.05, 4.69) is 9.97 Å². The lowest BCUT2D eigenvalue weighted by Crippen LogP contribution is -2.01. The summed E-state index contributed by atoms with van der Waals surface area (Å²) >= 11 is 0. The van der Waals surface area contributed by atoms with Crippen LogP contribution in [0.15, 0.2) is 24.5 Å². The molecule has 6 nitrogen and oxygen atoms in total. The molecule has 1 aromatic heterocycles. The van der Waals surface area contributed by atoms with Gasteiger partial charge < -0.3 is 19.9 Å². The van der Waals surface area contributed by atoms with Crippen molar-refractivity contribution < 1.29 is 14.2 Å². The normalized spacial score (nSPS) is 10.1. The van der Waals surface area contributed by atoms with E-state index in [1.807, 2.05) is 19.1 Å². The van der Waals surface area contributed by atoms with Crippen LogP contribution >= 0.6 is 0 Å². The Bertz CT molecular complexity index is 587. The zero-order valence-corrected chi connectivity index (χ0v) is 11.0. The highest BCUT2D eigenvalue weighted by atomic mass is 16.5. The first-order valence-electron chi connectivity index (χ1n) is 5.62. The van der Waals surface area contributed by atoms with Crippen LogP contribution in [0.5, 0.6) is 23.3 Å². The smallest absolute Gasteiger partial charge is 0.250 e. The zero-order valence-electron chi connectivity index (χ0n) is 11.0. The number of nitrogens with two attached hydrogens (primary N) is 1. The van der Waals surface area contributed by atoms with Crippen molar-refractivity contribution in [3.05, 3.63) is 30.1 Å². The molecule has 0 saturated heterocycles. The van der Waals surface area contributed by atoms with Crippen molar-refractivity contribution in [1.29, 1.82) is 0 Å². The molecule has 0 bridgehead atoms. The van der Waals surface area contributed by atoms with Gasteiger partial charge in [0.2, 0.25) is 11.8 Å². The number of nitrogen functional groups attached to an aromatic ring is 1. The molecule has 0 fully saturated rings. The summed E-state index contributed by atoms with van der Waals surface area (Å²) in [6, 6.07) is 5.57. The highest BCUT2D eigenvalue weighted by Gasteiger charge is 2.13. The van der Waals surface area contributed by atoms with Crippen molar-refractivity contribution in [2.75, 3.05) is 20.0 Å². The van der Waals surface area contributed by atoms with Crippen molar-refractivity contribution in [3.63, 3.8) is 0 Å². The number of aromatic nitrogens is 2. The molecule has 6 heteroatoms. The monoisotopic (exact) mass is 261 g/mol. The van der Waals surface area contributed by atoms with Gasteiger partial charge in [0, 0.05) is 0 Å². The molecule has 2 rings (SSSR count). The van der Waals surface area contributed by atoms with E-state index in [0.29, 0.717) is 11.5 Å². The Kier molecular flexibility index (Phi) is 3.70. The Morgan fingerprint density at radius 1 is 1.00 bits per heavy atom. The van der Waals surface area contributed by atoms with Gasteiger partial charge in [0.15, 0.2) is 17.2 Å². The highest BCUT2D eigenvalue weighted by Crippen LogP contribution is 2.35. The van der Waals surface area contributed by atoms with E-state index in [1.54, 1.807) is 13.2 Å².